The molecule has 1 nitrogen and oxygen atoms in total. The van der Waals surface area contributed by atoms with Gasteiger partial charge in [0.1, 0.15) is 0 Å². The van der Waals surface area contributed by atoms with Gasteiger partial charge < -0.3 is 0 Å². The molecule has 1 aliphatic carbocycles. The van der Waals surface area contributed by atoms with Gasteiger partial charge in [-0.1, -0.05) is 68.1 Å². The molecule has 34 heavy (non-hydrogen) atoms. The third-order valence-electron chi connectivity index (χ3n) is 8.38. The maximum absolute atomic E-state index is 4.95. The lowest BCUT2D eigenvalue weighted by Crippen LogP contribution is -2.20. The summed E-state index contributed by atoms with van der Waals surface area (Å²) >= 11 is 1.92. The Hall–Kier alpha value is -2.84. The molecule has 1 saturated carbocycles. The summed E-state index contributed by atoms with van der Waals surface area (Å²) in [6.45, 7) is 7.11. The highest BCUT2D eigenvalue weighted by atomic mass is 32.2. The molecule has 0 atom stereocenters. The van der Waals surface area contributed by atoms with Crippen LogP contribution in [0.15, 0.2) is 76.7 Å². The van der Waals surface area contributed by atoms with Crippen LogP contribution in [0.2, 0.25) is 0 Å². The molecule has 2 aliphatic rings. The van der Waals surface area contributed by atoms with E-state index in [2.05, 4.69) is 81.4 Å². The van der Waals surface area contributed by atoms with Crippen LogP contribution in [0.1, 0.15) is 56.6 Å². The summed E-state index contributed by atoms with van der Waals surface area (Å²) in [5.41, 5.74) is 5.80. The third kappa shape index (κ3) is 3.04. The topological polar surface area (TPSA) is 12.9 Å². The van der Waals surface area contributed by atoms with Gasteiger partial charge >= 0.3 is 0 Å². The van der Waals surface area contributed by atoms with E-state index in [9.17, 15) is 0 Å². The van der Waals surface area contributed by atoms with Crippen LogP contribution in [0.4, 0.5) is 0 Å². The molecule has 1 fully saturated rings. The average Bonchev–Trinajstić information content (AvgIpc) is 2.85. The van der Waals surface area contributed by atoms with E-state index < -0.39 is 0 Å². The fraction of sp³-hybridized carbons (Fsp3) is 0.281. The number of aryl methyl sites for hydroxylation is 1. The first kappa shape index (κ1) is 20.5. The molecule has 1 aliphatic heterocycles. The van der Waals surface area contributed by atoms with Crippen LogP contribution < -0.4 is 0 Å². The highest BCUT2D eigenvalue weighted by Gasteiger charge is 2.28. The van der Waals surface area contributed by atoms with Gasteiger partial charge in [-0.15, -0.1) is 0 Å². The highest BCUT2D eigenvalue weighted by molar-refractivity contribution is 8.00. The van der Waals surface area contributed by atoms with Crippen LogP contribution in [-0.4, -0.2) is 4.98 Å². The van der Waals surface area contributed by atoms with E-state index >= 15 is 0 Å². The zero-order valence-corrected chi connectivity index (χ0v) is 20.9. The van der Waals surface area contributed by atoms with Gasteiger partial charge in [0.15, 0.2) is 0 Å². The number of pyridine rings is 1. The molecule has 1 aromatic heterocycles. The van der Waals surface area contributed by atoms with E-state index in [-0.39, 0.29) is 0 Å². The fourth-order valence-corrected chi connectivity index (χ4v) is 7.52. The number of fused-ring (bicyclic) bond motifs is 5. The van der Waals surface area contributed by atoms with Gasteiger partial charge in [-0.2, -0.15) is 0 Å². The van der Waals surface area contributed by atoms with Crippen LogP contribution >= 0.6 is 11.8 Å². The lowest BCUT2D eigenvalue weighted by atomic mass is 9.71. The molecule has 7 rings (SSSR count). The molecule has 168 valence electrons. The van der Waals surface area contributed by atoms with E-state index in [4.69, 9.17) is 4.98 Å². The second kappa shape index (κ2) is 7.33. The highest BCUT2D eigenvalue weighted by Crippen LogP contribution is 2.52. The zero-order chi connectivity index (χ0) is 23.0. The molecule has 4 aromatic carbocycles. The van der Waals surface area contributed by atoms with E-state index in [0.29, 0.717) is 11.3 Å². The van der Waals surface area contributed by atoms with Crippen LogP contribution in [0.5, 0.6) is 0 Å². The Morgan fingerprint density at radius 3 is 2.50 bits per heavy atom. The Morgan fingerprint density at radius 2 is 1.65 bits per heavy atom. The normalized spacial score (nSPS) is 17.4. The first-order valence-corrected chi connectivity index (χ1v) is 13.4. The second-order valence-corrected chi connectivity index (χ2v) is 12.1. The summed E-state index contributed by atoms with van der Waals surface area (Å²) in [6, 6.07) is 23.0. The molecule has 2 heteroatoms. The van der Waals surface area contributed by atoms with Crippen LogP contribution in [0.25, 0.3) is 43.6 Å². The van der Waals surface area contributed by atoms with Gasteiger partial charge in [0.05, 0.1) is 5.69 Å². The van der Waals surface area contributed by atoms with E-state index in [1.54, 1.807) is 0 Å². The first-order chi connectivity index (χ1) is 16.5. The minimum Gasteiger partial charge on any atom is -0.256 e. The number of benzene rings is 4. The standard InChI is InChI=1S/C32H29NS/c1-19-24-7-5-4-6-22(24)17-27-30-29-25(12-15-33-30)26-16-21(20-10-13-32(2,3)14-11-20)8-9-23(26)18-28(29)34-31(19)27/h4-9,12,15-18,20H,10-11,13-14H2,1-3H3. The van der Waals surface area contributed by atoms with Gasteiger partial charge in [0.25, 0.3) is 0 Å². The van der Waals surface area contributed by atoms with Gasteiger partial charge in [-0.25, -0.2) is 0 Å². The predicted octanol–water partition coefficient (Wildman–Crippen LogP) is 9.67. The maximum atomic E-state index is 4.95. The van der Waals surface area contributed by atoms with E-state index in [1.807, 2.05) is 18.0 Å². The number of aromatic nitrogens is 1. The van der Waals surface area contributed by atoms with Crippen LogP contribution in [0.3, 0.4) is 0 Å². The lowest BCUT2D eigenvalue weighted by molar-refractivity contribution is 0.224. The Morgan fingerprint density at radius 1 is 0.853 bits per heavy atom. The molecular formula is C32H29NS. The molecule has 0 amide bonds. The summed E-state index contributed by atoms with van der Waals surface area (Å²) in [4.78, 5) is 7.64. The summed E-state index contributed by atoms with van der Waals surface area (Å²) in [5, 5.41) is 8.03. The Kier molecular flexibility index (Phi) is 4.42. The quantitative estimate of drug-likeness (QED) is 0.227. The summed E-state index contributed by atoms with van der Waals surface area (Å²) in [7, 11) is 0. The van der Waals surface area contributed by atoms with Crippen molar-refractivity contribution in [3.63, 3.8) is 0 Å². The van der Waals surface area contributed by atoms with Crippen LogP contribution in [-0.2, 0) is 0 Å². The van der Waals surface area contributed by atoms with Crippen molar-refractivity contribution in [1.82, 2.24) is 4.98 Å². The number of hydrogen-bond donors (Lipinski definition) is 0. The van der Waals surface area contributed by atoms with Crippen molar-refractivity contribution in [2.45, 2.75) is 62.2 Å². The molecule has 0 N–H and O–H groups in total. The van der Waals surface area contributed by atoms with E-state index in [0.717, 1.165) is 5.69 Å². The second-order valence-electron chi connectivity index (χ2n) is 11.1. The van der Waals surface area contributed by atoms with E-state index in [1.165, 1.54) is 84.5 Å². The maximum Gasteiger partial charge on any atom is 0.0803 e. The van der Waals surface area contributed by atoms with Gasteiger partial charge in [-0.05, 0) is 100 Å². The minimum atomic E-state index is 0.499. The minimum absolute atomic E-state index is 0.499. The molecule has 0 bridgehead atoms. The molecule has 0 spiro atoms. The van der Waals surface area contributed by atoms with Crippen molar-refractivity contribution in [1.29, 1.82) is 0 Å². The molecule has 5 aromatic rings. The molecule has 0 radical (unpaired) electrons. The SMILES string of the molecule is Cc1c2c(cc3ccccc13)-c1nccc3c1c(cc1ccc(C4CCC(C)(C)CC4)cc13)S2. The molecule has 0 unspecified atom stereocenters. The molecule has 2 heterocycles. The molecule has 0 saturated heterocycles. The van der Waals surface area contributed by atoms with Gasteiger partial charge in [0, 0.05) is 26.9 Å². The average molecular weight is 460 g/mol. The number of rotatable bonds is 1. The lowest BCUT2D eigenvalue weighted by Gasteiger charge is -2.34. The summed E-state index contributed by atoms with van der Waals surface area (Å²) in [6.07, 6.45) is 7.27. The van der Waals surface area contributed by atoms with Crippen molar-refractivity contribution in [2.24, 2.45) is 5.41 Å². The monoisotopic (exact) mass is 459 g/mol. The smallest absolute Gasteiger partial charge is 0.0803 e. The summed E-state index contributed by atoms with van der Waals surface area (Å²) in [5.74, 6) is 0.686. The van der Waals surface area contributed by atoms with Crippen molar-refractivity contribution in [3.8, 4) is 11.3 Å². The van der Waals surface area contributed by atoms with Crippen LogP contribution in [0, 0.1) is 12.3 Å². The summed E-state index contributed by atoms with van der Waals surface area (Å²) < 4.78 is 0. The Labute approximate surface area is 205 Å². The number of nitrogens with zero attached hydrogens (tertiary/aromatic N) is 1. The predicted molar refractivity (Wildman–Crippen MR) is 146 cm³/mol. The zero-order valence-electron chi connectivity index (χ0n) is 20.1. The van der Waals surface area contributed by atoms with Crippen molar-refractivity contribution in [2.75, 3.05) is 0 Å². The Balaban J connectivity index is 1.44. The van der Waals surface area contributed by atoms with Crippen molar-refractivity contribution >= 4 is 44.1 Å². The Bertz CT molecular complexity index is 1620. The van der Waals surface area contributed by atoms with Crippen molar-refractivity contribution < 1.29 is 0 Å². The van der Waals surface area contributed by atoms with Gasteiger partial charge in [0.2, 0.25) is 0 Å². The molecular weight excluding hydrogens is 430 g/mol. The largest absolute Gasteiger partial charge is 0.256 e. The fourth-order valence-electron chi connectivity index (χ4n) is 6.28. The van der Waals surface area contributed by atoms with Crippen molar-refractivity contribution in [3.05, 3.63) is 78.0 Å². The third-order valence-corrected chi connectivity index (χ3v) is 9.65. The number of hydrogen-bond acceptors (Lipinski definition) is 2. The first-order valence-electron chi connectivity index (χ1n) is 12.5. The van der Waals surface area contributed by atoms with Gasteiger partial charge in [-0.3, -0.25) is 4.98 Å².